The van der Waals surface area contributed by atoms with Crippen molar-refractivity contribution in [1.82, 2.24) is 10.2 Å². The van der Waals surface area contributed by atoms with E-state index in [2.05, 4.69) is 24.1 Å². The van der Waals surface area contributed by atoms with Crippen LogP contribution in [0.1, 0.15) is 46.0 Å². The Bertz CT molecular complexity index is 231. The fraction of sp³-hybridized carbons (Fsp3) is 1.00. The van der Waals surface area contributed by atoms with Crippen molar-refractivity contribution in [3.63, 3.8) is 0 Å². The molecule has 2 fully saturated rings. The summed E-state index contributed by atoms with van der Waals surface area (Å²) in [6.45, 7) is 9.17. The second-order valence-corrected chi connectivity index (χ2v) is 6.49. The number of piperidine rings is 1. The van der Waals surface area contributed by atoms with Crippen LogP contribution in [-0.4, -0.2) is 48.3 Å². The lowest BCUT2D eigenvalue weighted by atomic mass is 9.99. The van der Waals surface area contributed by atoms with E-state index in [1.54, 1.807) is 0 Å². The molecule has 3 nitrogen and oxygen atoms in total. The molecular formula is C15H30N2O. The molecule has 1 unspecified atom stereocenters. The van der Waals surface area contributed by atoms with Gasteiger partial charge in [0.15, 0.2) is 0 Å². The van der Waals surface area contributed by atoms with Crippen LogP contribution in [0.3, 0.4) is 0 Å². The average molecular weight is 254 g/mol. The molecule has 0 aromatic rings. The van der Waals surface area contributed by atoms with E-state index < -0.39 is 0 Å². The van der Waals surface area contributed by atoms with Crippen LogP contribution in [0.5, 0.6) is 0 Å². The smallest absolute Gasteiger partial charge is 0.0564 e. The number of rotatable bonds is 7. The van der Waals surface area contributed by atoms with Crippen LogP contribution in [0.4, 0.5) is 0 Å². The molecule has 1 saturated heterocycles. The summed E-state index contributed by atoms with van der Waals surface area (Å²) < 4.78 is 0. The highest BCUT2D eigenvalue weighted by Gasteiger charge is 2.32. The summed E-state index contributed by atoms with van der Waals surface area (Å²) in [4.78, 5) is 2.50. The number of hydrogen-bond acceptors (Lipinski definition) is 3. The number of aliphatic hydroxyl groups excluding tert-OH is 1. The predicted molar refractivity (Wildman–Crippen MR) is 75.7 cm³/mol. The molecule has 18 heavy (non-hydrogen) atoms. The van der Waals surface area contributed by atoms with E-state index in [4.69, 9.17) is 0 Å². The molecule has 0 aromatic carbocycles. The lowest BCUT2D eigenvalue weighted by molar-refractivity contribution is 0.0819. The molecule has 3 heteroatoms. The molecule has 1 saturated carbocycles. The van der Waals surface area contributed by atoms with Crippen LogP contribution >= 0.6 is 0 Å². The molecule has 1 heterocycles. The van der Waals surface area contributed by atoms with Crippen LogP contribution in [0, 0.1) is 11.8 Å². The Morgan fingerprint density at radius 3 is 2.39 bits per heavy atom. The van der Waals surface area contributed by atoms with E-state index in [1.165, 1.54) is 25.8 Å². The number of hydrogen-bond donors (Lipinski definition) is 2. The highest BCUT2D eigenvalue weighted by molar-refractivity contribution is 4.88. The second-order valence-electron chi connectivity index (χ2n) is 6.49. The standard InChI is InChI=1S/C15H30N2O/c1-12(2)15(13-4-5-13)16-8-3-9-17-10-6-14(18)7-11-17/h12-16,18H,3-11H2,1-2H3. The van der Waals surface area contributed by atoms with Gasteiger partial charge in [-0.1, -0.05) is 13.8 Å². The number of nitrogens with zero attached hydrogens (tertiary/aromatic N) is 1. The highest BCUT2D eigenvalue weighted by atomic mass is 16.3. The first-order valence-corrected chi connectivity index (χ1v) is 7.80. The molecule has 0 aromatic heterocycles. The molecule has 1 aliphatic heterocycles. The van der Waals surface area contributed by atoms with Gasteiger partial charge in [0.1, 0.15) is 0 Å². The van der Waals surface area contributed by atoms with Gasteiger partial charge >= 0.3 is 0 Å². The summed E-state index contributed by atoms with van der Waals surface area (Å²) in [5.74, 6) is 1.72. The molecule has 106 valence electrons. The van der Waals surface area contributed by atoms with E-state index in [0.29, 0.717) is 0 Å². The minimum Gasteiger partial charge on any atom is -0.393 e. The van der Waals surface area contributed by atoms with Crippen molar-refractivity contribution in [2.45, 2.75) is 58.1 Å². The first-order valence-electron chi connectivity index (χ1n) is 7.80. The predicted octanol–water partition coefficient (Wildman–Crippen LogP) is 1.86. The Labute approximate surface area is 112 Å². The molecule has 1 atom stereocenters. The lowest BCUT2D eigenvalue weighted by Crippen LogP contribution is -2.40. The molecule has 2 N–H and O–H groups in total. The Hall–Kier alpha value is -0.120. The Morgan fingerprint density at radius 2 is 1.83 bits per heavy atom. The Kier molecular flexibility index (Phi) is 5.46. The lowest BCUT2D eigenvalue weighted by Gasteiger charge is -2.30. The zero-order chi connectivity index (χ0) is 13.0. The van der Waals surface area contributed by atoms with Gasteiger partial charge in [-0.25, -0.2) is 0 Å². The van der Waals surface area contributed by atoms with Crippen molar-refractivity contribution in [3.8, 4) is 0 Å². The normalized spacial score (nSPS) is 24.7. The minimum atomic E-state index is -0.0421. The van der Waals surface area contributed by atoms with Gasteiger partial charge in [-0.05, 0) is 57.0 Å². The van der Waals surface area contributed by atoms with Crippen LogP contribution in [0.25, 0.3) is 0 Å². The van der Waals surface area contributed by atoms with Gasteiger partial charge in [0.2, 0.25) is 0 Å². The zero-order valence-corrected chi connectivity index (χ0v) is 12.1. The van der Waals surface area contributed by atoms with Gasteiger partial charge in [-0.3, -0.25) is 0 Å². The van der Waals surface area contributed by atoms with Crippen LogP contribution in [-0.2, 0) is 0 Å². The molecule has 0 radical (unpaired) electrons. The van der Waals surface area contributed by atoms with Gasteiger partial charge in [-0.2, -0.15) is 0 Å². The SMILES string of the molecule is CC(C)C(NCCCN1CCC(O)CC1)C1CC1. The number of nitrogens with one attached hydrogen (secondary N) is 1. The summed E-state index contributed by atoms with van der Waals surface area (Å²) in [5, 5.41) is 13.2. The maximum atomic E-state index is 9.46. The molecular weight excluding hydrogens is 224 g/mol. The average Bonchev–Trinajstić information content (AvgIpc) is 3.15. The van der Waals surface area contributed by atoms with Crippen molar-refractivity contribution < 1.29 is 5.11 Å². The minimum absolute atomic E-state index is 0.0421. The fourth-order valence-corrected chi connectivity index (χ4v) is 3.12. The second kappa shape index (κ2) is 6.88. The van der Waals surface area contributed by atoms with Crippen molar-refractivity contribution in [2.75, 3.05) is 26.2 Å². The van der Waals surface area contributed by atoms with Crippen molar-refractivity contribution in [2.24, 2.45) is 11.8 Å². The molecule has 2 rings (SSSR count). The summed E-state index contributed by atoms with van der Waals surface area (Å²) in [5.41, 5.74) is 0. The van der Waals surface area contributed by atoms with Gasteiger partial charge in [0.25, 0.3) is 0 Å². The molecule has 0 amide bonds. The largest absolute Gasteiger partial charge is 0.393 e. The first-order chi connectivity index (χ1) is 8.66. The van der Waals surface area contributed by atoms with Crippen LogP contribution < -0.4 is 5.32 Å². The van der Waals surface area contributed by atoms with Crippen molar-refractivity contribution in [3.05, 3.63) is 0 Å². The van der Waals surface area contributed by atoms with E-state index in [0.717, 1.165) is 50.4 Å². The number of aliphatic hydroxyl groups is 1. The molecule has 2 aliphatic rings. The van der Waals surface area contributed by atoms with E-state index in [1.807, 2.05) is 0 Å². The monoisotopic (exact) mass is 254 g/mol. The summed E-state index contributed by atoms with van der Waals surface area (Å²) in [6, 6.07) is 0.744. The quantitative estimate of drug-likeness (QED) is 0.681. The summed E-state index contributed by atoms with van der Waals surface area (Å²) >= 11 is 0. The van der Waals surface area contributed by atoms with Gasteiger partial charge in [-0.15, -0.1) is 0 Å². The van der Waals surface area contributed by atoms with E-state index in [-0.39, 0.29) is 6.10 Å². The Balaban J connectivity index is 1.55. The maximum Gasteiger partial charge on any atom is 0.0564 e. The fourth-order valence-electron chi connectivity index (χ4n) is 3.12. The van der Waals surface area contributed by atoms with E-state index in [9.17, 15) is 5.11 Å². The highest BCUT2D eigenvalue weighted by Crippen LogP contribution is 2.35. The third-order valence-corrected chi connectivity index (χ3v) is 4.44. The zero-order valence-electron chi connectivity index (χ0n) is 12.1. The van der Waals surface area contributed by atoms with Gasteiger partial charge in [0, 0.05) is 19.1 Å². The molecule has 0 spiro atoms. The molecule has 0 bridgehead atoms. The first kappa shape index (κ1) is 14.3. The summed E-state index contributed by atoms with van der Waals surface area (Å²) in [7, 11) is 0. The van der Waals surface area contributed by atoms with Gasteiger partial charge in [0.05, 0.1) is 6.10 Å². The van der Waals surface area contributed by atoms with E-state index >= 15 is 0 Å². The third kappa shape index (κ3) is 4.52. The summed E-state index contributed by atoms with van der Waals surface area (Å²) in [6.07, 6.45) is 5.99. The van der Waals surface area contributed by atoms with Crippen LogP contribution in [0.15, 0.2) is 0 Å². The Morgan fingerprint density at radius 1 is 1.17 bits per heavy atom. The van der Waals surface area contributed by atoms with Gasteiger partial charge < -0.3 is 15.3 Å². The number of likely N-dealkylation sites (tertiary alicyclic amines) is 1. The van der Waals surface area contributed by atoms with Crippen molar-refractivity contribution >= 4 is 0 Å². The third-order valence-electron chi connectivity index (χ3n) is 4.44. The van der Waals surface area contributed by atoms with Crippen LogP contribution in [0.2, 0.25) is 0 Å². The molecule has 1 aliphatic carbocycles. The maximum absolute atomic E-state index is 9.46. The van der Waals surface area contributed by atoms with Crippen molar-refractivity contribution in [1.29, 1.82) is 0 Å². The topological polar surface area (TPSA) is 35.5 Å².